The van der Waals surface area contributed by atoms with Gasteiger partial charge in [0, 0.05) is 17.8 Å². The van der Waals surface area contributed by atoms with E-state index in [0.29, 0.717) is 18.0 Å². The number of benzene rings is 2. The predicted octanol–water partition coefficient (Wildman–Crippen LogP) is 3.59. The van der Waals surface area contributed by atoms with Crippen LogP contribution in [0.3, 0.4) is 0 Å². The summed E-state index contributed by atoms with van der Waals surface area (Å²) in [6.45, 7) is 7.51. The van der Waals surface area contributed by atoms with Gasteiger partial charge >= 0.3 is 0 Å². The lowest BCUT2D eigenvalue weighted by Gasteiger charge is -2.23. The van der Waals surface area contributed by atoms with Gasteiger partial charge in [-0.25, -0.2) is 0 Å². The van der Waals surface area contributed by atoms with Crippen LogP contribution in [0.5, 0.6) is 5.75 Å². The molecule has 2 aromatic rings. The van der Waals surface area contributed by atoms with Gasteiger partial charge in [-0.05, 0) is 57.0 Å². The number of methoxy groups -OCH3 is 1. The van der Waals surface area contributed by atoms with Crippen molar-refractivity contribution in [2.45, 2.75) is 34.2 Å². The maximum absolute atomic E-state index is 12.6. The van der Waals surface area contributed by atoms with Crippen molar-refractivity contribution in [3.63, 3.8) is 0 Å². The van der Waals surface area contributed by atoms with Crippen molar-refractivity contribution in [3.05, 3.63) is 59.2 Å². The molecule has 0 saturated carbocycles. The van der Waals surface area contributed by atoms with Gasteiger partial charge in [-0.2, -0.15) is 0 Å². The van der Waals surface area contributed by atoms with Crippen molar-refractivity contribution >= 4 is 17.5 Å². The van der Waals surface area contributed by atoms with Crippen molar-refractivity contribution in [2.75, 3.05) is 12.4 Å². The molecule has 2 amide bonds. The zero-order valence-electron chi connectivity index (χ0n) is 16.0. The molecule has 0 aromatic heterocycles. The molecule has 0 unspecified atom stereocenters. The lowest BCUT2D eigenvalue weighted by atomic mass is 9.90. The third kappa shape index (κ3) is 4.42. The number of ether oxygens (including phenoxy) is 1. The fourth-order valence-corrected chi connectivity index (χ4v) is 2.46. The van der Waals surface area contributed by atoms with Gasteiger partial charge in [-0.1, -0.05) is 24.3 Å². The van der Waals surface area contributed by atoms with Crippen LogP contribution in [0.4, 0.5) is 5.69 Å². The highest BCUT2D eigenvalue weighted by molar-refractivity contribution is 6.09. The molecule has 0 aliphatic carbocycles. The molecule has 0 aliphatic heterocycles. The summed E-state index contributed by atoms with van der Waals surface area (Å²) in [4.78, 5) is 25.2. The lowest BCUT2D eigenvalue weighted by molar-refractivity contribution is -0.138. The highest BCUT2D eigenvalue weighted by atomic mass is 16.5. The van der Waals surface area contributed by atoms with E-state index in [4.69, 9.17) is 4.74 Å². The van der Waals surface area contributed by atoms with Gasteiger partial charge in [0.25, 0.3) is 0 Å². The Morgan fingerprint density at radius 1 is 1.00 bits per heavy atom. The minimum Gasteiger partial charge on any atom is -0.496 e. The van der Waals surface area contributed by atoms with E-state index in [1.165, 1.54) is 0 Å². The normalized spacial score (nSPS) is 11.0. The molecule has 5 heteroatoms. The third-order valence-electron chi connectivity index (χ3n) is 4.53. The van der Waals surface area contributed by atoms with E-state index in [0.717, 1.165) is 16.7 Å². The van der Waals surface area contributed by atoms with Crippen LogP contribution in [-0.2, 0) is 16.1 Å². The molecule has 0 heterocycles. The second-order valence-corrected chi connectivity index (χ2v) is 6.87. The van der Waals surface area contributed by atoms with E-state index in [1.54, 1.807) is 21.0 Å². The van der Waals surface area contributed by atoms with Crippen LogP contribution in [0.2, 0.25) is 0 Å². The van der Waals surface area contributed by atoms with E-state index >= 15 is 0 Å². The van der Waals surface area contributed by atoms with Crippen LogP contribution in [-0.4, -0.2) is 18.9 Å². The van der Waals surface area contributed by atoms with Gasteiger partial charge in [-0.3, -0.25) is 9.59 Å². The fourth-order valence-electron chi connectivity index (χ4n) is 2.46. The smallest absolute Gasteiger partial charge is 0.239 e. The molecule has 0 saturated heterocycles. The highest BCUT2D eigenvalue weighted by Crippen LogP contribution is 2.22. The summed E-state index contributed by atoms with van der Waals surface area (Å²) in [7, 11) is 1.58. The van der Waals surface area contributed by atoms with Crippen molar-refractivity contribution in [2.24, 2.45) is 5.41 Å². The molecule has 2 rings (SSSR count). The first kappa shape index (κ1) is 19.5. The summed E-state index contributed by atoms with van der Waals surface area (Å²) in [6, 6.07) is 13.1. The topological polar surface area (TPSA) is 67.4 Å². The summed E-state index contributed by atoms with van der Waals surface area (Å²) in [5.74, 6) is 0.00760. The maximum atomic E-state index is 12.6. The number of hydrogen-bond acceptors (Lipinski definition) is 3. The Balaban J connectivity index is 2.03. The van der Waals surface area contributed by atoms with Gasteiger partial charge in [0.1, 0.15) is 11.2 Å². The first-order valence-corrected chi connectivity index (χ1v) is 8.54. The molecule has 0 spiro atoms. The van der Waals surface area contributed by atoms with Crippen LogP contribution in [0.15, 0.2) is 42.5 Å². The first-order chi connectivity index (χ1) is 12.3. The number of hydrogen-bond donors (Lipinski definition) is 2. The minimum absolute atomic E-state index is 0.295. The Bertz CT molecular complexity index is 813. The van der Waals surface area contributed by atoms with Gasteiger partial charge in [0.15, 0.2) is 0 Å². The standard InChI is InChI=1S/C21H26N2O3/c1-14-10-11-17(12-15(14)2)23-20(25)21(3,4)19(24)22-13-16-8-6-7-9-18(16)26-5/h6-12H,13H2,1-5H3,(H,22,24)(H,23,25). The van der Waals surface area contributed by atoms with Crippen molar-refractivity contribution in [3.8, 4) is 5.75 Å². The predicted molar refractivity (Wildman–Crippen MR) is 103 cm³/mol. The number of nitrogens with one attached hydrogen (secondary N) is 2. The van der Waals surface area contributed by atoms with Crippen LogP contribution < -0.4 is 15.4 Å². The Hall–Kier alpha value is -2.82. The molecule has 0 aliphatic rings. The van der Waals surface area contributed by atoms with Crippen LogP contribution in [0.1, 0.15) is 30.5 Å². The second kappa shape index (κ2) is 8.04. The molecule has 2 N–H and O–H groups in total. The van der Waals surface area contributed by atoms with E-state index < -0.39 is 5.41 Å². The van der Waals surface area contributed by atoms with E-state index in [9.17, 15) is 9.59 Å². The first-order valence-electron chi connectivity index (χ1n) is 8.54. The van der Waals surface area contributed by atoms with Crippen molar-refractivity contribution in [1.29, 1.82) is 0 Å². The summed E-state index contributed by atoms with van der Waals surface area (Å²) >= 11 is 0. The number of rotatable bonds is 6. The molecule has 0 radical (unpaired) electrons. The molecule has 0 bridgehead atoms. The number of amides is 2. The number of para-hydroxylation sites is 1. The Labute approximate surface area is 154 Å². The van der Waals surface area contributed by atoms with Crippen molar-refractivity contribution in [1.82, 2.24) is 5.32 Å². The minimum atomic E-state index is -1.21. The van der Waals surface area contributed by atoms with Gasteiger partial charge < -0.3 is 15.4 Å². The average molecular weight is 354 g/mol. The molecule has 26 heavy (non-hydrogen) atoms. The van der Waals surface area contributed by atoms with Gasteiger partial charge in [0.05, 0.1) is 7.11 Å². The maximum Gasteiger partial charge on any atom is 0.239 e. The Kier molecular flexibility index (Phi) is 6.03. The number of anilines is 1. The summed E-state index contributed by atoms with van der Waals surface area (Å²) in [6.07, 6.45) is 0. The Morgan fingerprint density at radius 2 is 1.69 bits per heavy atom. The van der Waals surface area contributed by atoms with Crippen LogP contribution in [0, 0.1) is 19.3 Å². The monoisotopic (exact) mass is 354 g/mol. The quantitative estimate of drug-likeness (QED) is 0.779. The summed E-state index contributed by atoms with van der Waals surface area (Å²) in [5.41, 5.74) is 2.57. The molecule has 5 nitrogen and oxygen atoms in total. The summed E-state index contributed by atoms with van der Waals surface area (Å²) in [5, 5.41) is 5.65. The van der Waals surface area contributed by atoms with Gasteiger partial charge in [0.2, 0.25) is 11.8 Å². The number of carbonyl (C=O) groups excluding carboxylic acids is 2. The molecular weight excluding hydrogens is 328 g/mol. The van der Waals surface area contributed by atoms with Crippen molar-refractivity contribution < 1.29 is 14.3 Å². The molecule has 138 valence electrons. The number of aryl methyl sites for hydroxylation is 2. The van der Waals surface area contributed by atoms with E-state index in [-0.39, 0.29) is 11.8 Å². The highest BCUT2D eigenvalue weighted by Gasteiger charge is 2.36. The molecule has 2 aromatic carbocycles. The molecular formula is C21H26N2O3. The molecule has 0 fully saturated rings. The zero-order chi connectivity index (χ0) is 19.3. The van der Waals surface area contributed by atoms with Gasteiger partial charge in [-0.15, -0.1) is 0 Å². The van der Waals surface area contributed by atoms with Crippen LogP contribution in [0.25, 0.3) is 0 Å². The largest absolute Gasteiger partial charge is 0.496 e. The second-order valence-electron chi connectivity index (χ2n) is 6.87. The molecule has 0 atom stereocenters. The lowest BCUT2D eigenvalue weighted by Crippen LogP contribution is -2.44. The third-order valence-corrected chi connectivity index (χ3v) is 4.53. The van der Waals surface area contributed by atoms with E-state index in [2.05, 4.69) is 10.6 Å². The van der Waals surface area contributed by atoms with E-state index in [1.807, 2.05) is 56.3 Å². The Morgan fingerprint density at radius 3 is 2.35 bits per heavy atom. The van der Waals surface area contributed by atoms with Crippen LogP contribution >= 0.6 is 0 Å². The fraction of sp³-hybridized carbons (Fsp3) is 0.333. The SMILES string of the molecule is COc1ccccc1CNC(=O)C(C)(C)C(=O)Nc1ccc(C)c(C)c1. The zero-order valence-corrected chi connectivity index (χ0v) is 16.0. The number of carbonyl (C=O) groups is 2. The summed E-state index contributed by atoms with van der Waals surface area (Å²) < 4.78 is 5.28. The average Bonchev–Trinajstić information content (AvgIpc) is 2.62.